The number of aromatic nitrogens is 2. The average molecular weight is 245 g/mol. The van der Waals surface area contributed by atoms with Crippen LogP contribution in [0.1, 0.15) is 17.3 Å². The van der Waals surface area contributed by atoms with Gasteiger partial charge in [-0.2, -0.15) is 10.2 Å². The van der Waals surface area contributed by atoms with Crippen LogP contribution >= 0.6 is 0 Å². The van der Waals surface area contributed by atoms with Gasteiger partial charge in [0.15, 0.2) is 18.1 Å². The number of methoxy groups -OCH3 is 1. The Bertz CT molecular complexity index is 586. The molecule has 0 N–H and O–H groups in total. The quantitative estimate of drug-likeness (QED) is 0.817. The molecule has 0 unspecified atom stereocenters. The van der Waals surface area contributed by atoms with Gasteiger partial charge in [-0.1, -0.05) is 5.16 Å². The van der Waals surface area contributed by atoms with Crippen LogP contribution in [0.3, 0.4) is 0 Å². The lowest BCUT2D eigenvalue weighted by molar-refractivity contribution is 0.269. The fourth-order valence-corrected chi connectivity index (χ4v) is 1.40. The fourth-order valence-electron chi connectivity index (χ4n) is 1.40. The maximum absolute atomic E-state index is 8.78. The van der Waals surface area contributed by atoms with Gasteiger partial charge in [-0.3, -0.25) is 0 Å². The van der Waals surface area contributed by atoms with E-state index >= 15 is 0 Å². The van der Waals surface area contributed by atoms with E-state index in [4.69, 9.17) is 19.3 Å². The molecule has 0 aliphatic rings. The van der Waals surface area contributed by atoms with E-state index in [1.807, 2.05) is 6.07 Å². The zero-order valence-corrected chi connectivity index (χ0v) is 10.0. The molecule has 0 bridgehead atoms. The molecule has 0 fully saturated rings. The molecule has 0 saturated carbocycles. The number of nitrogens with zero attached hydrogens (tertiary/aromatic N) is 3. The van der Waals surface area contributed by atoms with Crippen molar-refractivity contribution in [3.05, 3.63) is 35.5 Å². The predicted octanol–water partition coefficient (Wildman–Crippen LogP) is 1.84. The Morgan fingerprint density at radius 3 is 2.83 bits per heavy atom. The highest BCUT2D eigenvalue weighted by molar-refractivity contribution is 5.46. The molecule has 0 aliphatic carbocycles. The Morgan fingerprint density at radius 2 is 2.22 bits per heavy atom. The second kappa shape index (κ2) is 5.19. The Kier molecular flexibility index (Phi) is 3.44. The summed E-state index contributed by atoms with van der Waals surface area (Å²) in [4.78, 5) is 4.02. The molecule has 6 heteroatoms. The molecule has 1 aromatic carbocycles. The second-order valence-corrected chi connectivity index (χ2v) is 3.50. The van der Waals surface area contributed by atoms with E-state index in [0.29, 0.717) is 28.8 Å². The summed E-state index contributed by atoms with van der Waals surface area (Å²) in [6.45, 7) is 1.89. The number of ether oxygens (including phenoxy) is 2. The molecule has 2 aromatic rings. The van der Waals surface area contributed by atoms with E-state index in [0.717, 1.165) is 0 Å². The van der Waals surface area contributed by atoms with Crippen LogP contribution < -0.4 is 9.47 Å². The normalized spacial score (nSPS) is 9.83. The van der Waals surface area contributed by atoms with Crippen LogP contribution in [0.5, 0.6) is 11.5 Å². The number of aryl methyl sites for hydroxylation is 1. The molecule has 0 atom stereocenters. The highest BCUT2D eigenvalue weighted by Crippen LogP contribution is 2.28. The molecule has 6 nitrogen and oxygen atoms in total. The van der Waals surface area contributed by atoms with Gasteiger partial charge in [-0.05, 0) is 12.1 Å². The Labute approximate surface area is 104 Å². The summed E-state index contributed by atoms with van der Waals surface area (Å²) in [5.41, 5.74) is 0.509. The first-order valence-electron chi connectivity index (χ1n) is 5.23. The molecule has 0 aliphatic heterocycles. The molecule has 92 valence electrons. The van der Waals surface area contributed by atoms with E-state index in [9.17, 15) is 0 Å². The van der Waals surface area contributed by atoms with E-state index in [1.165, 1.54) is 7.11 Å². The summed E-state index contributed by atoms with van der Waals surface area (Å²) < 4.78 is 15.5. The van der Waals surface area contributed by atoms with Crippen LogP contribution in [0, 0.1) is 18.3 Å². The predicted molar refractivity (Wildman–Crippen MR) is 61.1 cm³/mol. The number of rotatable bonds is 4. The van der Waals surface area contributed by atoms with Crippen molar-refractivity contribution in [1.82, 2.24) is 10.1 Å². The molecule has 0 spiro atoms. The van der Waals surface area contributed by atoms with Gasteiger partial charge in [0.05, 0.1) is 18.7 Å². The van der Waals surface area contributed by atoms with Gasteiger partial charge in [0.1, 0.15) is 0 Å². The number of hydrogen-bond acceptors (Lipinski definition) is 6. The molecule has 0 amide bonds. The average Bonchev–Trinajstić information content (AvgIpc) is 2.82. The fraction of sp³-hybridized carbons (Fsp3) is 0.250. The van der Waals surface area contributed by atoms with Crippen LogP contribution in [0.15, 0.2) is 22.7 Å². The maximum Gasteiger partial charge on any atom is 0.223 e. The summed E-state index contributed by atoms with van der Waals surface area (Å²) in [6.07, 6.45) is 0. The Balaban J connectivity index is 2.12. The number of benzene rings is 1. The minimum Gasteiger partial charge on any atom is -0.493 e. The monoisotopic (exact) mass is 245 g/mol. The van der Waals surface area contributed by atoms with E-state index in [-0.39, 0.29) is 6.61 Å². The van der Waals surface area contributed by atoms with Crippen LogP contribution in [-0.4, -0.2) is 17.3 Å². The van der Waals surface area contributed by atoms with Crippen molar-refractivity contribution >= 4 is 0 Å². The molecule has 1 aromatic heterocycles. The topological polar surface area (TPSA) is 81.2 Å². The van der Waals surface area contributed by atoms with Crippen molar-refractivity contribution in [3.63, 3.8) is 0 Å². The van der Waals surface area contributed by atoms with Gasteiger partial charge < -0.3 is 14.0 Å². The van der Waals surface area contributed by atoms with Gasteiger partial charge in [0.2, 0.25) is 11.7 Å². The van der Waals surface area contributed by atoms with Crippen LogP contribution in [0.25, 0.3) is 0 Å². The van der Waals surface area contributed by atoms with Gasteiger partial charge in [0.25, 0.3) is 0 Å². The molecule has 0 radical (unpaired) electrons. The third kappa shape index (κ3) is 2.58. The second-order valence-electron chi connectivity index (χ2n) is 3.50. The zero-order chi connectivity index (χ0) is 13.0. The Hall–Kier alpha value is -2.55. The lowest BCUT2D eigenvalue weighted by Crippen LogP contribution is -1.99. The summed E-state index contributed by atoms with van der Waals surface area (Å²) in [6, 6.07) is 6.96. The molecular formula is C12H11N3O3. The molecule has 1 heterocycles. The summed E-state index contributed by atoms with van der Waals surface area (Å²) in [7, 11) is 1.52. The van der Waals surface area contributed by atoms with Crippen molar-refractivity contribution in [2.45, 2.75) is 13.5 Å². The van der Waals surface area contributed by atoms with Crippen LogP contribution in [0.2, 0.25) is 0 Å². The van der Waals surface area contributed by atoms with Gasteiger partial charge in [-0.25, -0.2) is 0 Å². The van der Waals surface area contributed by atoms with E-state index in [2.05, 4.69) is 10.1 Å². The first kappa shape index (κ1) is 11.9. The largest absolute Gasteiger partial charge is 0.493 e. The smallest absolute Gasteiger partial charge is 0.223 e. The zero-order valence-electron chi connectivity index (χ0n) is 10.0. The summed E-state index contributed by atoms with van der Waals surface area (Å²) in [5.74, 6) is 1.97. The minimum atomic E-state index is 0.180. The van der Waals surface area contributed by atoms with Crippen LogP contribution in [-0.2, 0) is 6.61 Å². The lowest BCUT2D eigenvalue weighted by Gasteiger charge is -2.08. The molecule has 2 rings (SSSR count). The van der Waals surface area contributed by atoms with Crippen molar-refractivity contribution in [2.24, 2.45) is 0 Å². The first-order chi connectivity index (χ1) is 8.72. The van der Waals surface area contributed by atoms with Crippen molar-refractivity contribution < 1.29 is 14.0 Å². The third-order valence-corrected chi connectivity index (χ3v) is 2.22. The van der Waals surface area contributed by atoms with Crippen molar-refractivity contribution in [2.75, 3.05) is 7.11 Å². The first-order valence-corrected chi connectivity index (χ1v) is 5.23. The van der Waals surface area contributed by atoms with Gasteiger partial charge in [-0.15, -0.1) is 0 Å². The number of nitriles is 1. The standard InChI is InChI=1S/C12H11N3O3/c1-8-14-12(15-18-8)7-17-10-4-3-9(6-13)5-11(10)16-2/h3-5H,7H2,1-2H3. The van der Waals surface area contributed by atoms with Crippen molar-refractivity contribution in [3.8, 4) is 17.6 Å². The summed E-state index contributed by atoms with van der Waals surface area (Å²) >= 11 is 0. The third-order valence-electron chi connectivity index (χ3n) is 2.22. The van der Waals surface area contributed by atoms with Gasteiger partial charge >= 0.3 is 0 Å². The van der Waals surface area contributed by atoms with Crippen LogP contribution in [0.4, 0.5) is 0 Å². The maximum atomic E-state index is 8.78. The minimum absolute atomic E-state index is 0.180. The number of hydrogen-bond donors (Lipinski definition) is 0. The molecule has 0 saturated heterocycles. The highest BCUT2D eigenvalue weighted by Gasteiger charge is 2.08. The lowest BCUT2D eigenvalue weighted by atomic mass is 10.2. The van der Waals surface area contributed by atoms with E-state index in [1.54, 1.807) is 25.1 Å². The van der Waals surface area contributed by atoms with Gasteiger partial charge in [0, 0.05) is 13.0 Å². The highest BCUT2D eigenvalue weighted by atomic mass is 16.5. The molecular weight excluding hydrogens is 234 g/mol. The van der Waals surface area contributed by atoms with Crippen molar-refractivity contribution in [1.29, 1.82) is 5.26 Å². The Morgan fingerprint density at radius 1 is 1.39 bits per heavy atom. The van der Waals surface area contributed by atoms with E-state index < -0.39 is 0 Å². The SMILES string of the molecule is COc1cc(C#N)ccc1OCc1noc(C)n1. The summed E-state index contributed by atoms with van der Waals surface area (Å²) in [5, 5.41) is 12.5. The molecule has 18 heavy (non-hydrogen) atoms.